The van der Waals surface area contributed by atoms with Crippen LogP contribution in [0.15, 0.2) is 121 Å². The largest absolute Gasteiger partial charge is 0.467 e. The fraction of sp³-hybridized carbons (Fsp3) is 0.138. The van der Waals surface area contributed by atoms with Gasteiger partial charge < -0.3 is 9.84 Å². The van der Waals surface area contributed by atoms with Crippen molar-refractivity contribution in [1.82, 2.24) is 5.32 Å². The number of aliphatic hydroxyl groups is 1. The minimum absolute atomic E-state index is 0.695. The van der Waals surface area contributed by atoms with Crippen LogP contribution in [-0.4, -0.2) is 24.3 Å². The van der Waals surface area contributed by atoms with Crippen molar-refractivity contribution in [2.24, 2.45) is 0 Å². The van der Waals surface area contributed by atoms with Crippen LogP contribution in [0.2, 0.25) is 0 Å². The molecule has 0 radical (unpaired) electrons. The molecular formula is C29H27NO3. The Kier molecular flexibility index (Phi) is 6.98. The molecular weight excluding hydrogens is 410 g/mol. The van der Waals surface area contributed by atoms with Gasteiger partial charge in [0.05, 0.1) is 18.7 Å². The second-order valence-electron chi connectivity index (χ2n) is 7.85. The molecule has 0 amide bonds. The molecule has 0 bridgehead atoms. The summed E-state index contributed by atoms with van der Waals surface area (Å²) >= 11 is 0. The Labute approximate surface area is 194 Å². The molecule has 0 aliphatic carbocycles. The SMILES string of the molecule is COC(=O)[C@H](O)[C@@H](NC(c1ccccc1)(c1ccccc1)c1ccccc1)c1ccccc1. The molecule has 0 aromatic heterocycles. The van der Waals surface area contributed by atoms with Gasteiger partial charge >= 0.3 is 5.97 Å². The number of rotatable bonds is 8. The maximum atomic E-state index is 12.5. The van der Waals surface area contributed by atoms with Crippen LogP contribution in [-0.2, 0) is 15.1 Å². The number of nitrogens with one attached hydrogen (secondary N) is 1. The monoisotopic (exact) mass is 437 g/mol. The van der Waals surface area contributed by atoms with Crippen molar-refractivity contribution >= 4 is 5.97 Å². The molecule has 0 aliphatic heterocycles. The Morgan fingerprint density at radius 1 is 0.697 bits per heavy atom. The highest BCUT2D eigenvalue weighted by molar-refractivity contribution is 5.75. The van der Waals surface area contributed by atoms with Crippen LogP contribution >= 0.6 is 0 Å². The Morgan fingerprint density at radius 3 is 1.42 bits per heavy atom. The van der Waals surface area contributed by atoms with Crippen LogP contribution in [0.25, 0.3) is 0 Å². The summed E-state index contributed by atoms with van der Waals surface area (Å²) in [5, 5.41) is 14.8. The summed E-state index contributed by atoms with van der Waals surface area (Å²) in [6, 6.07) is 39.0. The minimum atomic E-state index is -1.41. The van der Waals surface area contributed by atoms with Crippen molar-refractivity contribution in [3.8, 4) is 0 Å². The molecule has 4 aromatic rings. The minimum Gasteiger partial charge on any atom is -0.467 e. The predicted octanol–water partition coefficient (Wildman–Crippen LogP) is 4.84. The molecule has 0 fully saturated rings. The summed E-state index contributed by atoms with van der Waals surface area (Å²) < 4.78 is 4.92. The first-order valence-electron chi connectivity index (χ1n) is 10.9. The third-order valence-corrected chi connectivity index (χ3v) is 5.91. The fourth-order valence-electron chi connectivity index (χ4n) is 4.31. The average molecular weight is 438 g/mol. The zero-order valence-electron chi connectivity index (χ0n) is 18.5. The standard InChI is InChI=1S/C29H27NO3/c1-33-28(32)27(31)26(22-14-6-2-7-15-22)30-29(23-16-8-3-9-17-23,24-18-10-4-11-19-24)25-20-12-5-13-21-25/h2-21,26-27,30-31H,1H3/t26-,27+/m0/s1. The van der Waals surface area contributed by atoms with Crippen molar-refractivity contribution in [3.63, 3.8) is 0 Å². The van der Waals surface area contributed by atoms with E-state index in [0.717, 1.165) is 22.3 Å². The molecule has 0 aliphatic rings. The third-order valence-electron chi connectivity index (χ3n) is 5.91. The van der Waals surface area contributed by atoms with Crippen molar-refractivity contribution < 1.29 is 14.6 Å². The van der Waals surface area contributed by atoms with E-state index >= 15 is 0 Å². The van der Waals surface area contributed by atoms with E-state index in [1.54, 1.807) is 0 Å². The van der Waals surface area contributed by atoms with Gasteiger partial charge in [0, 0.05) is 0 Å². The van der Waals surface area contributed by atoms with Crippen LogP contribution in [0, 0.1) is 0 Å². The Bertz CT molecular complexity index is 1050. The summed E-state index contributed by atoms with van der Waals surface area (Å²) in [5.41, 5.74) is 2.89. The average Bonchev–Trinajstić information content (AvgIpc) is 2.91. The number of hydrogen-bond donors (Lipinski definition) is 2. The highest BCUT2D eigenvalue weighted by atomic mass is 16.5. The summed E-state index contributed by atoms with van der Waals surface area (Å²) in [5.74, 6) is -0.695. The van der Waals surface area contributed by atoms with Crippen molar-refractivity contribution in [2.75, 3.05) is 7.11 Å². The number of aliphatic hydroxyl groups excluding tert-OH is 1. The Hall–Kier alpha value is -3.73. The first kappa shape index (κ1) is 22.5. The van der Waals surface area contributed by atoms with E-state index in [1.165, 1.54) is 7.11 Å². The third kappa shape index (κ3) is 4.58. The van der Waals surface area contributed by atoms with Crippen molar-refractivity contribution in [1.29, 1.82) is 0 Å². The highest BCUT2D eigenvalue weighted by Gasteiger charge is 2.41. The molecule has 4 heteroatoms. The lowest BCUT2D eigenvalue weighted by molar-refractivity contribution is -0.152. The molecule has 2 atom stereocenters. The topological polar surface area (TPSA) is 58.6 Å². The van der Waals surface area contributed by atoms with Gasteiger partial charge in [-0.15, -0.1) is 0 Å². The number of carbonyl (C=O) groups is 1. The first-order valence-corrected chi connectivity index (χ1v) is 10.9. The lowest BCUT2D eigenvalue weighted by atomic mass is 9.75. The van der Waals surface area contributed by atoms with Crippen molar-refractivity contribution in [3.05, 3.63) is 144 Å². The zero-order chi connectivity index (χ0) is 23.1. The summed E-state index contributed by atoms with van der Waals surface area (Å²) in [4.78, 5) is 12.5. The van der Waals surface area contributed by atoms with Crippen LogP contribution in [0.4, 0.5) is 0 Å². The molecule has 4 nitrogen and oxygen atoms in total. The molecule has 0 unspecified atom stereocenters. The predicted molar refractivity (Wildman–Crippen MR) is 130 cm³/mol. The van der Waals surface area contributed by atoms with Crippen LogP contribution < -0.4 is 5.32 Å². The number of carbonyl (C=O) groups excluding carboxylic acids is 1. The van der Waals surface area contributed by atoms with Gasteiger partial charge in [0.2, 0.25) is 0 Å². The molecule has 166 valence electrons. The van der Waals surface area contributed by atoms with E-state index in [0.29, 0.717) is 0 Å². The molecule has 0 saturated heterocycles. The maximum absolute atomic E-state index is 12.5. The van der Waals surface area contributed by atoms with Crippen LogP contribution in [0.3, 0.4) is 0 Å². The van der Waals surface area contributed by atoms with E-state index in [-0.39, 0.29) is 0 Å². The number of esters is 1. The second kappa shape index (κ2) is 10.3. The van der Waals surface area contributed by atoms with E-state index in [2.05, 4.69) is 41.7 Å². The molecule has 2 N–H and O–H groups in total. The smallest absolute Gasteiger partial charge is 0.336 e. The summed E-state index contributed by atoms with van der Waals surface area (Å²) in [7, 11) is 1.28. The Morgan fingerprint density at radius 2 is 1.06 bits per heavy atom. The lowest BCUT2D eigenvalue weighted by Gasteiger charge is -2.41. The number of methoxy groups -OCH3 is 1. The van der Waals surface area contributed by atoms with Gasteiger partial charge in [-0.2, -0.15) is 0 Å². The molecule has 33 heavy (non-hydrogen) atoms. The van der Waals surface area contributed by atoms with E-state index in [9.17, 15) is 9.90 Å². The summed E-state index contributed by atoms with van der Waals surface area (Å²) in [6.45, 7) is 0. The van der Waals surface area contributed by atoms with Crippen LogP contribution in [0.1, 0.15) is 28.3 Å². The fourth-order valence-corrected chi connectivity index (χ4v) is 4.31. The number of hydrogen-bond acceptors (Lipinski definition) is 4. The van der Waals surface area contributed by atoms with E-state index in [4.69, 9.17) is 4.74 Å². The maximum Gasteiger partial charge on any atom is 0.336 e. The van der Waals surface area contributed by atoms with Gasteiger partial charge in [-0.1, -0.05) is 121 Å². The summed E-state index contributed by atoms with van der Waals surface area (Å²) in [6.07, 6.45) is -1.41. The molecule has 0 heterocycles. The van der Waals surface area contributed by atoms with Gasteiger partial charge in [-0.05, 0) is 22.3 Å². The van der Waals surface area contributed by atoms with E-state index in [1.807, 2.05) is 84.9 Å². The van der Waals surface area contributed by atoms with Gasteiger partial charge in [0.1, 0.15) is 0 Å². The van der Waals surface area contributed by atoms with Gasteiger partial charge in [0.25, 0.3) is 0 Å². The van der Waals surface area contributed by atoms with Crippen molar-refractivity contribution in [2.45, 2.75) is 17.7 Å². The molecule has 4 rings (SSSR count). The highest BCUT2D eigenvalue weighted by Crippen LogP contribution is 2.39. The van der Waals surface area contributed by atoms with Crippen LogP contribution in [0.5, 0.6) is 0 Å². The Balaban J connectivity index is 1.98. The number of benzene rings is 4. The van der Waals surface area contributed by atoms with E-state index < -0.39 is 23.7 Å². The normalized spacial score (nSPS) is 13.2. The van der Waals surface area contributed by atoms with Gasteiger partial charge in [0.15, 0.2) is 6.10 Å². The zero-order valence-corrected chi connectivity index (χ0v) is 18.5. The molecule has 4 aromatic carbocycles. The van der Waals surface area contributed by atoms with Gasteiger partial charge in [-0.25, -0.2) is 4.79 Å². The quantitative estimate of drug-likeness (QED) is 0.306. The first-order chi connectivity index (χ1) is 16.2. The molecule has 0 saturated carbocycles. The molecule has 0 spiro atoms. The number of ether oxygens (including phenoxy) is 1. The van der Waals surface area contributed by atoms with Gasteiger partial charge in [-0.3, -0.25) is 5.32 Å². The second-order valence-corrected chi connectivity index (χ2v) is 7.85. The lowest BCUT2D eigenvalue weighted by Crippen LogP contribution is -2.51.